The summed E-state index contributed by atoms with van der Waals surface area (Å²) in [6.07, 6.45) is 0.989. The molecule has 2 heterocycles. The molecule has 0 aliphatic heterocycles. The zero-order valence-corrected chi connectivity index (χ0v) is 19.3. The van der Waals surface area contributed by atoms with Gasteiger partial charge in [-0.25, -0.2) is 9.97 Å². The number of amides is 2. The van der Waals surface area contributed by atoms with Gasteiger partial charge in [0.15, 0.2) is 5.13 Å². The Balaban J connectivity index is 1.40. The van der Waals surface area contributed by atoms with Gasteiger partial charge in [-0.3, -0.25) is 14.9 Å². The zero-order valence-electron chi connectivity index (χ0n) is 17.7. The van der Waals surface area contributed by atoms with Crippen molar-refractivity contribution in [1.82, 2.24) is 15.3 Å². The second-order valence-corrected chi connectivity index (χ2v) is 8.90. The Morgan fingerprint density at radius 1 is 0.875 bits per heavy atom. The average Bonchev–Trinajstić information content (AvgIpc) is 3.48. The van der Waals surface area contributed by atoms with Crippen molar-refractivity contribution in [3.8, 4) is 21.8 Å². The molecule has 0 aliphatic carbocycles. The molecule has 0 aliphatic rings. The molecule has 0 unspecified atom stereocenters. The number of anilines is 1. The van der Waals surface area contributed by atoms with E-state index in [1.54, 1.807) is 5.38 Å². The van der Waals surface area contributed by atoms with Crippen LogP contribution in [0.1, 0.15) is 35.5 Å². The molecule has 32 heavy (non-hydrogen) atoms. The Morgan fingerprint density at radius 3 is 2.25 bits per heavy atom. The molecule has 0 atom stereocenters. The fourth-order valence-electron chi connectivity index (χ4n) is 3.04. The number of nitrogens with one attached hydrogen (secondary N) is 2. The highest BCUT2D eigenvalue weighted by Gasteiger charge is 2.14. The summed E-state index contributed by atoms with van der Waals surface area (Å²) in [5, 5.41) is 10.6. The predicted molar refractivity (Wildman–Crippen MR) is 130 cm³/mol. The van der Waals surface area contributed by atoms with Gasteiger partial charge in [0, 0.05) is 35.4 Å². The van der Waals surface area contributed by atoms with Crippen LogP contribution in [-0.2, 0) is 17.8 Å². The van der Waals surface area contributed by atoms with Gasteiger partial charge < -0.3 is 5.32 Å². The lowest BCUT2D eigenvalue weighted by molar-refractivity contribution is -0.119. The molecule has 2 aromatic carbocycles. The van der Waals surface area contributed by atoms with E-state index in [-0.39, 0.29) is 11.8 Å². The summed E-state index contributed by atoms with van der Waals surface area (Å²) in [7, 11) is 0. The van der Waals surface area contributed by atoms with Crippen LogP contribution in [0.4, 0.5) is 5.13 Å². The van der Waals surface area contributed by atoms with E-state index in [0.29, 0.717) is 17.4 Å². The van der Waals surface area contributed by atoms with E-state index in [9.17, 15) is 9.59 Å². The maximum absolute atomic E-state index is 12.6. The fourth-order valence-corrected chi connectivity index (χ4v) is 4.56. The number of aryl methyl sites for hydroxylation is 1. The number of rotatable bonds is 7. The van der Waals surface area contributed by atoms with Crippen LogP contribution in [0.2, 0.25) is 0 Å². The summed E-state index contributed by atoms with van der Waals surface area (Å²) in [6.45, 7) is 4.11. The van der Waals surface area contributed by atoms with Gasteiger partial charge >= 0.3 is 0 Å². The highest BCUT2D eigenvalue weighted by molar-refractivity contribution is 7.14. The summed E-state index contributed by atoms with van der Waals surface area (Å²) < 4.78 is 0. The van der Waals surface area contributed by atoms with Gasteiger partial charge in [-0.1, -0.05) is 55.5 Å². The van der Waals surface area contributed by atoms with Gasteiger partial charge in [-0.15, -0.1) is 22.7 Å². The zero-order chi connectivity index (χ0) is 22.5. The number of nitrogens with zero attached hydrogens (tertiary/aromatic N) is 2. The van der Waals surface area contributed by atoms with Crippen LogP contribution in [-0.4, -0.2) is 21.8 Å². The number of aromatic nitrogens is 2. The lowest BCUT2D eigenvalue weighted by Crippen LogP contribution is -2.18. The Hall–Kier alpha value is -3.36. The molecule has 162 valence electrons. The molecule has 2 amide bonds. The van der Waals surface area contributed by atoms with E-state index in [2.05, 4.69) is 39.7 Å². The number of carbonyl (C=O) groups is 2. The Morgan fingerprint density at radius 2 is 1.56 bits per heavy atom. The van der Waals surface area contributed by atoms with Gasteiger partial charge in [-0.2, -0.15) is 0 Å². The lowest BCUT2D eigenvalue weighted by atomic mass is 10.1. The quantitative estimate of drug-likeness (QED) is 0.386. The normalized spacial score (nSPS) is 10.7. The van der Waals surface area contributed by atoms with Crippen molar-refractivity contribution in [3.63, 3.8) is 0 Å². The summed E-state index contributed by atoms with van der Waals surface area (Å²) in [4.78, 5) is 32.7. The standard InChI is InChI=1S/C24H22N4O2S2/c1-3-16-4-10-19(11-5-16)23-26-21(14-31-23)22(30)28-24-27-20(13-32-24)18-8-6-17(7-9-18)12-25-15(2)29/h4-11,13-14H,3,12H2,1-2H3,(H,25,29)(H,27,28,30). The van der Waals surface area contributed by atoms with Crippen molar-refractivity contribution in [2.45, 2.75) is 26.8 Å². The monoisotopic (exact) mass is 462 g/mol. The average molecular weight is 463 g/mol. The molecule has 0 saturated carbocycles. The lowest BCUT2D eigenvalue weighted by Gasteiger charge is -2.03. The summed E-state index contributed by atoms with van der Waals surface area (Å²) in [5.41, 5.74) is 5.39. The van der Waals surface area contributed by atoms with Crippen LogP contribution < -0.4 is 10.6 Å². The van der Waals surface area contributed by atoms with Crippen molar-refractivity contribution < 1.29 is 9.59 Å². The Kier molecular flexibility index (Phi) is 6.72. The largest absolute Gasteiger partial charge is 0.352 e. The van der Waals surface area contributed by atoms with Crippen LogP contribution >= 0.6 is 22.7 Å². The van der Waals surface area contributed by atoms with E-state index >= 15 is 0 Å². The number of hydrogen-bond donors (Lipinski definition) is 2. The van der Waals surface area contributed by atoms with Crippen molar-refractivity contribution >= 4 is 39.6 Å². The molecule has 4 aromatic rings. The highest BCUT2D eigenvalue weighted by Crippen LogP contribution is 2.27. The van der Waals surface area contributed by atoms with E-state index in [4.69, 9.17) is 0 Å². The minimum absolute atomic E-state index is 0.0596. The number of benzene rings is 2. The van der Waals surface area contributed by atoms with Gasteiger partial charge in [0.05, 0.1) is 5.69 Å². The molecule has 0 spiro atoms. The summed E-state index contributed by atoms with van der Waals surface area (Å²) in [6, 6.07) is 16.0. The van der Waals surface area contributed by atoms with Gasteiger partial charge in [-0.05, 0) is 17.5 Å². The van der Waals surface area contributed by atoms with Crippen LogP contribution in [0, 0.1) is 0 Å². The van der Waals surface area contributed by atoms with Crippen LogP contribution in [0.3, 0.4) is 0 Å². The maximum atomic E-state index is 12.6. The fraction of sp³-hybridized carbons (Fsp3) is 0.167. The molecule has 2 aromatic heterocycles. The number of thiazole rings is 2. The third kappa shape index (κ3) is 5.27. The van der Waals surface area contributed by atoms with Crippen molar-refractivity contribution in [2.24, 2.45) is 0 Å². The van der Waals surface area contributed by atoms with E-state index < -0.39 is 0 Å². The van der Waals surface area contributed by atoms with E-state index in [0.717, 1.165) is 33.8 Å². The van der Waals surface area contributed by atoms with Crippen molar-refractivity contribution in [1.29, 1.82) is 0 Å². The molecule has 0 fully saturated rings. The molecule has 6 nitrogen and oxygen atoms in total. The van der Waals surface area contributed by atoms with Crippen molar-refractivity contribution in [3.05, 3.63) is 76.1 Å². The van der Waals surface area contributed by atoms with E-state index in [1.165, 1.54) is 35.2 Å². The number of hydrogen-bond acceptors (Lipinski definition) is 6. The molecule has 2 N–H and O–H groups in total. The van der Waals surface area contributed by atoms with Crippen LogP contribution in [0.15, 0.2) is 59.3 Å². The molecule has 4 rings (SSSR count). The molecule has 0 saturated heterocycles. The predicted octanol–water partition coefficient (Wildman–Crippen LogP) is 5.38. The highest BCUT2D eigenvalue weighted by atomic mass is 32.1. The van der Waals surface area contributed by atoms with Crippen LogP contribution in [0.25, 0.3) is 21.8 Å². The van der Waals surface area contributed by atoms with Gasteiger partial charge in [0.1, 0.15) is 10.7 Å². The smallest absolute Gasteiger partial charge is 0.276 e. The molecule has 8 heteroatoms. The minimum atomic E-state index is -0.274. The number of carbonyl (C=O) groups excluding carboxylic acids is 2. The molecule has 0 radical (unpaired) electrons. The Bertz CT molecular complexity index is 1230. The van der Waals surface area contributed by atoms with Gasteiger partial charge in [0.25, 0.3) is 5.91 Å². The first-order chi connectivity index (χ1) is 15.5. The first kappa shape index (κ1) is 21.9. The van der Waals surface area contributed by atoms with Crippen LogP contribution in [0.5, 0.6) is 0 Å². The SMILES string of the molecule is CCc1ccc(-c2nc(C(=O)Nc3nc(-c4ccc(CNC(C)=O)cc4)cs3)cs2)cc1. The second-order valence-electron chi connectivity index (χ2n) is 7.19. The molecular weight excluding hydrogens is 440 g/mol. The molecule has 0 bridgehead atoms. The summed E-state index contributed by atoms with van der Waals surface area (Å²) >= 11 is 2.82. The van der Waals surface area contributed by atoms with Crippen molar-refractivity contribution in [2.75, 3.05) is 5.32 Å². The second kappa shape index (κ2) is 9.84. The Labute approximate surface area is 194 Å². The van der Waals surface area contributed by atoms with E-state index in [1.807, 2.05) is 41.8 Å². The maximum Gasteiger partial charge on any atom is 0.276 e. The summed E-state index contributed by atoms with van der Waals surface area (Å²) in [5.74, 6) is -0.333. The third-order valence-electron chi connectivity index (χ3n) is 4.86. The molecular formula is C24H22N4O2S2. The topological polar surface area (TPSA) is 84.0 Å². The third-order valence-corrected chi connectivity index (χ3v) is 6.51. The minimum Gasteiger partial charge on any atom is -0.352 e. The first-order valence-corrected chi connectivity index (χ1v) is 11.9. The van der Waals surface area contributed by atoms with Gasteiger partial charge in [0.2, 0.25) is 5.91 Å². The first-order valence-electron chi connectivity index (χ1n) is 10.2.